The van der Waals surface area contributed by atoms with Crippen LogP contribution in [-0.2, 0) is 9.59 Å². The third-order valence-corrected chi connectivity index (χ3v) is 6.00. The van der Waals surface area contributed by atoms with Crippen LogP contribution >= 0.6 is 27.5 Å². The van der Waals surface area contributed by atoms with Crippen molar-refractivity contribution in [3.63, 3.8) is 0 Å². The molecular weight excluding hydrogens is 501 g/mol. The Kier molecular flexibility index (Phi) is 6.04. The second-order valence-corrected chi connectivity index (χ2v) is 8.34. The lowest BCUT2D eigenvalue weighted by Crippen LogP contribution is -2.29. The molecule has 32 heavy (non-hydrogen) atoms. The molecule has 0 spiro atoms. The quantitative estimate of drug-likeness (QED) is 0.267. The number of aliphatic hydroxyl groups is 1. The summed E-state index contributed by atoms with van der Waals surface area (Å²) in [6.45, 7) is 0. The average Bonchev–Trinajstić information content (AvgIpc) is 3.04. The van der Waals surface area contributed by atoms with Crippen molar-refractivity contribution in [2.24, 2.45) is 0 Å². The first-order valence-electron chi connectivity index (χ1n) is 9.47. The van der Waals surface area contributed by atoms with E-state index in [1.165, 1.54) is 36.3 Å². The van der Waals surface area contributed by atoms with Gasteiger partial charge in [-0.3, -0.25) is 14.5 Å². The van der Waals surface area contributed by atoms with Gasteiger partial charge in [0.25, 0.3) is 11.7 Å². The molecule has 8 heteroatoms. The molecule has 1 unspecified atom stereocenters. The molecule has 1 atom stereocenters. The first-order chi connectivity index (χ1) is 15.3. The summed E-state index contributed by atoms with van der Waals surface area (Å²) in [5.74, 6) is -1.96. The van der Waals surface area contributed by atoms with Gasteiger partial charge in [0.05, 0.1) is 23.2 Å². The molecule has 0 saturated carbocycles. The van der Waals surface area contributed by atoms with Gasteiger partial charge in [-0.1, -0.05) is 29.8 Å². The van der Waals surface area contributed by atoms with E-state index in [9.17, 15) is 19.1 Å². The summed E-state index contributed by atoms with van der Waals surface area (Å²) in [5.41, 5.74) is 1.04. The first-order valence-corrected chi connectivity index (χ1v) is 10.6. The Hall–Kier alpha value is -3.16. The number of rotatable bonds is 4. The standard InChI is InChI=1S/C24H16BrClFNO4/c1-32-19-10-7-14(11-18(19)25)22(29)20-21(13-5-8-16(27)9-6-13)28(24(31)23(20)30)17-4-2-3-15(26)12-17/h2-12,21,29H,1H3/b22-20+. The molecule has 162 valence electrons. The number of carbonyl (C=O) groups is 2. The van der Waals surface area contributed by atoms with E-state index in [2.05, 4.69) is 15.9 Å². The van der Waals surface area contributed by atoms with E-state index in [0.717, 1.165) is 0 Å². The molecule has 1 fully saturated rings. The molecule has 1 heterocycles. The highest BCUT2D eigenvalue weighted by Gasteiger charge is 2.47. The van der Waals surface area contributed by atoms with Gasteiger partial charge in [0.2, 0.25) is 0 Å². The van der Waals surface area contributed by atoms with Gasteiger partial charge in [0.1, 0.15) is 17.3 Å². The zero-order valence-corrected chi connectivity index (χ0v) is 19.0. The largest absolute Gasteiger partial charge is 0.507 e. The molecule has 1 N–H and O–H groups in total. The maximum atomic E-state index is 13.6. The number of aliphatic hydroxyl groups excluding tert-OH is 1. The van der Waals surface area contributed by atoms with E-state index >= 15 is 0 Å². The number of carbonyl (C=O) groups excluding carboxylic acids is 2. The normalized spacial score (nSPS) is 17.6. The number of benzene rings is 3. The summed E-state index contributed by atoms with van der Waals surface area (Å²) in [4.78, 5) is 27.4. The number of Topliss-reactive ketones (excluding diaryl/α,β-unsaturated/α-hetero) is 1. The molecule has 1 saturated heterocycles. The van der Waals surface area contributed by atoms with E-state index in [1.54, 1.807) is 42.5 Å². The Morgan fingerprint density at radius 2 is 1.81 bits per heavy atom. The first kappa shape index (κ1) is 22.0. The van der Waals surface area contributed by atoms with Crippen LogP contribution in [0.25, 0.3) is 5.76 Å². The lowest BCUT2D eigenvalue weighted by atomic mass is 9.95. The minimum absolute atomic E-state index is 0.112. The number of methoxy groups -OCH3 is 1. The van der Waals surface area contributed by atoms with E-state index in [4.69, 9.17) is 16.3 Å². The number of anilines is 1. The van der Waals surface area contributed by atoms with Crippen molar-refractivity contribution in [2.45, 2.75) is 6.04 Å². The number of halogens is 3. The fourth-order valence-corrected chi connectivity index (χ4v) is 4.38. The van der Waals surface area contributed by atoms with E-state index in [1.807, 2.05) is 0 Å². The van der Waals surface area contributed by atoms with Gasteiger partial charge in [0, 0.05) is 16.3 Å². The maximum Gasteiger partial charge on any atom is 0.300 e. The molecule has 0 aromatic heterocycles. The van der Waals surface area contributed by atoms with Crippen LogP contribution < -0.4 is 9.64 Å². The summed E-state index contributed by atoms with van der Waals surface area (Å²) in [5, 5.41) is 11.5. The zero-order valence-electron chi connectivity index (χ0n) is 16.7. The molecule has 1 amide bonds. The van der Waals surface area contributed by atoms with Crippen LogP contribution in [0.1, 0.15) is 17.2 Å². The van der Waals surface area contributed by atoms with E-state index in [-0.39, 0.29) is 11.3 Å². The monoisotopic (exact) mass is 515 g/mol. The van der Waals surface area contributed by atoms with Crippen molar-refractivity contribution in [3.8, 4) is 5.75 Å². The topological polar surface area (TPSA) is 66.8 Å². The SMILES string of the molecule is COc1ccc(/C(O)=C2\C(=O)C(=O)N(c3cccc(Cl)c3)C2c2ccc(F)cc2)cc1Br. The molecule has 0 radical (unpaired) electrons. The molecular formula is C24H16BrClFNO4. The molecule has 5 nitrogen and oxygen atoms in total. The number of hydrogen-bond acceptors (Lipinski definition) is 4. The van der Waals surface area contributed by atoms with Crippen LogP contribution in [0.4, 0.5) is 10.1 Å². The van der Waals surface area contributed by atoms with Gasteiger partial charge in [0.15, 0.2) is 0 Å². The predicted octanol–water partition coefficient (Wildman–Crippen LogP) is 5.88. The zero-order chi connectivity index (χ0) is 23.0. The van der Waals surface area contributed by atoms with Crippen molar-refractivity contribution >= 4 is 50.7 Å². The predicted molar refractivity (Wildman–Crippen MR) is 123 cm³/mol. The van der Waals surface area contributed by atoms with Crippen LogP contribution in [0.15, 0.2) is 76.8 Å². The molecule has 1 aliphatic heterocycles. The summed E-state index contributed by atoms with van der Waals surface area (Å²) in [7, 11) is 1.50. The van der Waals surface area contributed by atoms with Crippen molar-refractivity contribution in [1.82, 2.24) is 0 Å². The Bertz CT molecular complexity index is 1260. The Labute approximate surface area is 196 Å². The maximum absolute atomic E-state index is 13.6. The van der Waals surface area contributed by atoms with Gasteiger partial charge in [-0.2, -0.15) is 0 Å². The van der Waals surface area contributed by atoms with Crippen molar-refractivity contribution < 1.29 is 23.8 Å². The molecule has 3 aromatic carbocycles. The van der Waals surface area contributed by atoms with Crippen LogP contribution in [0, 0.1) is 5.82 Å². The van der Waals surface area contributed by atoms with Crippen LogP contribution in [0.2, 0.25) is 5.02 Å². The Balaban J connectivity index is 1.94. The van der Waals surface area contributed by atoms with Crippen molar-refractivity contribution in [1.29, 1.82) is 0 Å². The minimum Gasteiger partial charge on any atom is -0.507 e. The molecule has 1 aliphatic rings. The van der Waals surface area contributed by atoms with Crippen LogP contribution in [0.3, 0.4) is 0 Å². The Morgan fingerprint density at radius 1 is 1.09 bits per heavy atom. The van der Waals surface area contributed by atoms with Crippen LogP contribution in [0.5, 0.6) is 5.75 Å². The van der Waals surface area contributed by atoms with Gasteiger partial charge in [-0.25, -0.2) is 4.39 Å². The highest BCUT2D eigenvalue weighted by Crippen LogP contribution is 2.43. The summed E-state index contributed by atoms with van der Waals surface area (Å²) < 4.78 is 19.4. The Morgan fingerprint density at radius 3 is 2.44 bits per heavy atom. The molecule has 0 aliphatic carbocycles. The number of hydrogen-bond donors (Lipinski definition) is 1. The minimum atomic E-state index is -0.977. The highest BCUT2D eigenvalue weighted by atomic mass is 79.9. The lowest BCUT2D eigenvalue weighted by molar-refractivity contribution is -0.132. The van der Waals surface area contributed by atoms with Crippen LogP contribution in [-0.4, -0.2) is 23.9 Å². The third kappa shape index (κ3) is 3.89. The fraction of sp³-hybridized carbons (Fsp3) is 0.0833. The number of ketones is 1. The average molecular weight is 517 g/mol. The van der Waals surface area contributed by atoms with Crippen molar-refractivity contribution in [2.75, 3.05) is 12.0 Å². The van der Waals surface area contributed by atoms with E-state index < -0.39 is 23.5 Å². The molecule has 3 aromatic rings. The van der Waals surface area contributed by atoms with Crippen molar-refractivity contribution in [3.05, 3.63) is 98.7 Å². The highest BCUT2D eigenvalue weighted by molar-refractivity contribution is 9.10. The van der Waals surface area contributed by atoms with E-state index in [0.29, 0.717) is 32.1 Å². The smallest absolute Gasteiger partial charge is 0.300 e. The number of amides is 1. The number of ether oxygens (including phenoxy) is 1. The molecule has 4 rings (SSSR count). The van der Waals surface area contributed by atoms with Gasteiger partial charge >= 0.3 is 0 Å². The second kappa shape index (κ2) is 8.76. The molecule has 0 bridgehead atoms. The third-order valence-electron chi connectivity index (χ3n) is 5.14. The van der Waals surface area contributed by atoms with Gasteiger partial charge in [-0.05, 0) is 70.0 Å². The fourth-order valence-electron chi connectivity index (χ4n) is 3.65. The lowest BCUT2D eigenvalue weighted by Gasteiger charge is -2.25. The summed E-state index contributed by atoms with van der Waals surface area (Å²) >= 11 is 9.47. The summed E-state index contributed by atoms with van der Waals surface area (Å²) in [6.07, 6.45) is 0. The second-order valence-electron chi connectivity index (χ2n) is 7.05. The summed E-state index contributed by atoms with van der Waals surface area (Å²) in [6, 6.07) is 15.7. The van der Waals surface area contributed by atoms with Gasteiger partial charge in [-0.15, -0.1) is 0 Å². The van der Waals surface area contributed by atoms with Gasteiger partial charge < -0.3 is 9.84 Å². The number of nitrogens with zero attached hydrogens (tertiary/aromatic N) is 1.